The Hall–Kier alpha value is -1.44. The SMILES string of the molecule is CC1CN(Cc2cc(C(=O)O)no2)CC(CO)O1. The van der Waals surface area contributed by atoms with Crippen LogP contribution in [0.15, 0.2) is 10.6 Å². The lowest BCUT2D eigenvalue weighted by Gasteiger charge is -2.35. The number of aliphatic hydroxyl groups is 1. The Morgan fingerprint density at radius 1 is 1.61 bits per heavy atom. The summed E-state index contributed by atoms with van der Waals surface area (Å²) in [6.07, 6.45) is -0.187. The van der Waals surface area contributed by atoms with Gasteiger partial charge in [-0.15, -0.1) is 0 Å². The zero-order valence-corrected chi connectivity index (χ0v) is 10.1. The van der Waals surface area contributed by atoms with E-state index in [1.54, 1.807) is 0 Å². The fourth-order valence-electron chi connectivity index (χ4n) is 2.08. The minimum absolute atomic E-state index is 0.0257. The molecule has 0 amide bonds. The van der Waals surface area contributed by atoms with Crippen LogP contribution < -0.4 is 0 Å². The van der Waals surface area contributed by atoms with E-state index in [4.69, 9.17) is 19.5 Å². The van der Waals surface area contributed by atoms with E-state index in [0.29, 0.717) is 25.4 Å². The van der Waals surface area contributed by atoms with Gasteiger partial charge in [-0.2, -0.15) is 0 Å². The first-order valence-electron chi connectivity index (χ1n) is 5.76. The average molecular weight is 256 g/mol. The van der Waals surface area contributed by atoms with Gasteiger partial charge < -0.3 is 19.5 Å². The number of carboxylic acid groups (broad SMARTS) is 1. The van der Waals surface area contributed by atoms with Gasteiger partial charge in [0.05, 0.1) is 25.4 Å². The van der Waals surface area contributed by atoms with Crippen molar-refractivity contribution in [2.24, 2.45) is 0 Å². The maximum Gasteiger partial charge on any atom is 0.358 e. The van der Waals surface area contributed by atoms with Crippen LogP contribution in [0.5, 0.6) is 0 Å². The second-order valence-electron chi connectivity index (χ2n) is 4.43. The Morgan fingerprint density at radius 2 is 2.39 bits per heavy atom. The lowest BCUT2D eigenvalue weighted by Crippen LogP contribution is -2.47. The average Bonchev–Trinajstić information content (AvgIpc) is 2.76. The molecule has 2 atom stereocenters. The predicted molar refractivity (Wildman–Crippen MR) is 60.2 cm³/mol. The van der Waals surface area contributed by atoms with Gasteiger partial charge in [0.2, 0.25) is 0 Å². The fourth-order valence-corrected chi connectivity index (χ4v) is 2.08. The van der Waals surface area contributed by atoms with Crippen molar-refractivity contribution < 1.29 is 24.3 Å². The molecule has 18 heavy (non-hydrogen) atoms. The second kappa shape index (κ2) is 5.47. The number of hydrogen-bond donors (Lipinski definition) is 2. The van der Waals surface area contributed by atoms with E-state index in [1.807, 2.05) is 11.8 Å². The minimum atomic E-state index is -1.10. The highest BCUT2D eigenvalue weighted by Gasteiger charge is 2.25. The van der Waals surface area contributed by atoms with Gasteiger partial charge in [0.25, 0.3) is 0 Å². The number of rotatable bonds is 4. The number of aromatic nitrogens is 1. The first-order valence-corrected chi connectivity index (χ1v) is 5.76. The highest BCUT2D eigenvalue weighted by atomic mass is 16.5. The third-order valence-corrected chi connectivity index (χ3v) is 2.76. The highest BCUT2D eigenvalue weighted by molar-refractivity contribution is 5.85. The van der Waals surface area contributed by atoms with Crippen molar-refractivity contribution in [3.63, 3.8) is 0 Å². The molecule has 1 fully saturated rings. The summed E-state index contributed by atoms with van der Waals surface area (Å²) in [5.74, 6) is -0.605. The molecule has 7 nitrogen and oxygen atoms in total. The highest BCUT2D eigenvalue weighted by Crippen LogP contribution is 2.15. The molecule has 2 unspecified atom stereocenters. The van der Waals surface area contributed by atoms with Gasteiger partial charge in [0.1, 0.15) is 0 Å². The van der Waals surface area contributed by atoms with Gasteiger partial charge in [0, 0.05) is 19.2 Å². The van der Waals surface area contributed by atoms with Crippen LogP contribution in [0.4, 0.5) is 0 Å². The van der Waals surface area contributed by atoms with Crippen LogP contribution >= 0.6 is 0 Å². The summed E-state index contributed by atoms with van der Waals surface area (Å²) in [6, 6.07) is 1.41. The second-order valence-corrected chi connectivity index (χ2v) is 4.43. The lowest BCUT2D eigenvalue weighted by atomic mass is 10.2. The van der Waals surface area contributed by atoms with Crippen LogP contribution in [0.1, 0.15) is 23.2 Å². The maximum atomic E-state index is 10.7. The normalized spacial score (nSPS) is 25.2. The quantitative estimate of drug-likeness (QED) is 0.779. The monoisotopic (exact) mass is 256 g/mol. The third kappa shape index (κ3) is 3.06. The Bertz CT molecular complexity index is 419. The summed E-state index contributed by atoms with van der Waals surface area (Å²) in [5, 5.41) is 21.3. The van der Waals surface area contributed by atoms with Gasteiger partial charge in [-0.3, -0.25) is 4.90 Å². The molecule has 2 heterocycles. The molecule has 2 N–H and O–H groups in total. The van der Waals surface area contributed by atoms with Crippen molar-refractivity contribution in [2.45, 2.75) is 25.7 Å². The van der Waals surface area contributed by atoms with Crippen molar-refractivity contribution in [3.8, 4) is 0 Å². The van der Waals surface area contributed by atoms with Crippen LogP contribution in [-0.4, -0.2) is 58.1 Å². The standard InChI is InChI=1S/C11H16N2O5/c1-7-3-13(5-9(6-14)17-7)4-8-2-10(11(15)16)12-18-8/h2,7,9,14H,3-6H2,1H3,(H,15,16). The van der Waals surface area contributed by atoms with Crippen LogP contribution in [0.25, 0.3) is 0 Å². The topological polar surface area (TPSA) is 96.0 Å². The number of morpholine rings is 1. The van der Waals surface area contributed by atoms with E-state index in [0.717, 1.165) is 0 Å². The van der Waals surface area contributed by atoms with Crippen LogP contribution in [0, 0.1) is 0 Å². The van der Waals surface area contributed by atoms with Crippen molar-refractivity contribution in [1.82, 2.24) is 10.1 Å². The summed E-state index contributed by atoms with van der Waals surface area (Å²) >= 11 is 0. The molecule has 1 aliphatic heterocycles. The van der Waals surface area contributed by atoms with Gasteiger partial charge in [-0.25, -0.2) is 4.79 Å². The third-order valence-electron chi connectivity index (χ3n) is 2.76. The number of aliphatic hydroxyl groups excluding tert-OH is 1. The number of hydrogen-bond acceptors (Lipinski definition) is 6. The first-order chi connectivity index (χ1) is 8.58. The fraction of sp³-hybridized carbons (Fsp3) is 0.636. The molecule has 1 aromatic rings. The molecule has 1 aromatic heterocycles. The molecule has 0 radical (unpaired) electrons. The van der Waals surface area contributed by atoms with E-state index in [1.165, 1.54) is 6.07 Å². The molecule has 2 rings (SSSR count). The number of aromatic carboxylic acids is 1. The molecule has 0 saturated carbocycles. The summed E-state index contributed by atoms with van der Waals surface area (Å²) in [4.78, 5) is 12.7. The molecule has 1 aliphatic rings. The van der Waals surface area contributed by atoms with Gasteiger partial charge in [0.15, 0.2) is 11.5 Å². The molecule has 0 aromatic carbocycles. The van der Waals surface area contributed by atoms with E-state index in [-0.39, 0.29) is 24.5 Å². The maximum absolute atomic E-state index is 10.7. The lowest BCUT2D eigenvalue weighted by molar-refractivity contribution is -0.0985. The number of carboxylic acids is 1. The minimum Gasteiger partial charge on any atom is -0.476 e. The van der Waals surface area contributed by atoms with E-state index in [9.17, 15) is 4.79 Å². The largest absolute Gasteiger partial charge is 0.476 e. The smallest absolute Gasteiger partial charge is 0.358 e. The predicted octanol–water partition coefficient (Wildman–Crippen LogP) is -0.0456. The first kappa shape index (κ1) is 13.0. The Morgan fingerprint density at radius 3 is 3.00 bits per heavy atom. The molecule has 1 saturated heterocycles. The summed E-state index contributed by atoms with van der Waals surface area (Å²) < 4.78 is 10.5. The van der Waals surface area contributed by atoms with Gasteiger partial charge in [-0.05, 0) is 6.92 Å². The molecule has 0 aliphatic carbocycles. The molecule has 0 spiro atoms. The van der Waals surface area contributed by atoms with Gasteiger partial charge >= 0.3 is 5.97 Å². The van der Waals surface area contributed by atoms with Crippen molar-refractivity contribution in [3.05, 3.63) is 17.5 Å². The summed E-state index contributed by atoms with van der Waals surface area (Å²) in [7, 11) is 0. The number of nitrogens with zero attached hydrogens (tertiary/aromatic N) is 2. The Labute approximate surface area is 104 Å². The van der Waals surface area contributed by atoms with Crippen molar-refractivity contribution in [2.75, 3.05) is 19.7 Å². The molecular formula is C11H16N2O5. The van der Waals surface area contributed by atoms with E-state index < -0.39 is 5.97 Å². The van der Waals surface area contributed by atoms with E-state index in [2.05, 4.69) is 5.16 Å². The van der Waals surface area contributed by atoms with Gasteiger partial charge in [-0.1, -0.05) is 5.16 Å². The summed E-state index contributed by atoms with van der Waals surface area (Å²) in [5.41, 5.74) is -0.0926. The molecule has 100 valence electrons. The number of ether oxygens (including phenoxy) is 1. The van der Waals surface area contributed by atoms with Crippen LogP contribution in [-0.2, 0) is 11.3 Å². The van der Waals surface area contributed by atoms with Crippen molar-refractivity contribution in [1.29, 1.82) is 0 Å². The van der Waals surface area contributed by atoms with Crippen LogP contribution in [0.2, 0.25) is 0 Å². The molecule has 0 bridgehead atoms. The van der Waals surface area contributed by atoms with E-state index >= 15 is 0 Å². The molecule has 7 heteroatoms. The van der Waals surface area contributed by atoms with Crippen molar-refractivity contribution >= 4 is 5.97 Å². The number of carbonyl (C=O) groups is 1. The van der Waals surface area contributed by atoms with Crippen LogP contribution in [0.3, 0.4) is 0 Å². The Kier molecular flexibility index (Phi) is 3.95. The zero-order chi connectivity index (χ0) is 13.1. The zero-order valence-electron chi connectivity index (χ0n) is 10.1. The Balaban J connectivity index is 1.97. The molecular weight excluding hydrogens is 240 g/mol. The summed E-state index contributed by atoms with van der Waals surface area (Å²) in [6.45, 7) is 3.66.